The predicted octanol–water partition coefficient (Wildman–Crippen LogP) is 11.3. The van der Waals surface area contributed by atoms with Gasteiger partial charge in [0.1, 0.15) is 11.6 Å². The molecule has 2 amide bonds. The first kappa shape index (κ1) is 52.0. The van der Waals surface area contributed by atoms with Gasteiger partial charge in [0.25, 0.3) is 8.32 Å². The van der Waals surface area contributed by atoms with Crippen molar-refractivity contribution in [3.05, 3.63) is 156 Å². The maximum absolute atomic E-state index is 15.1. The van der Waals surface area contributed by atoms with E-state index in [2.05, 4.69) is 31.4 Å². The summed E-state index contributed by atoms with van der Waals surface area (Å²) < 4.78 is 100. The van der Waals surface area contributed by atoms with Crippen LogP contribution in [-0.4, -0.2) is 50.3 Å². The number of carbonyl (C=O) groups is 2. The summed E-state index contributed by atoms with van der Waals surface area (Å²) in [5.74, 6) is -0.575. The zero-order valence-corrected chi connectivity index (χ0v) is 41.2. The van der Waals surface area contributed by atoms with Gasteiger partial charge in [-0.05, 0) is 96.5 Å². The van der Waals surface area contributed by atoms with E-state index in [9.17, 15) is 31.1 Å². The highest BCUT2D eigenvalue weighted by molar-refractivity contribution is 7.88. The predicted molar refractivity (Wildman–Crippen MR) is 257 cm³/mol. The number of hydrogen-bond donors (Lipinski definition) is 2. The topological polar surface area (TPSA) is 76.7 Å². The lowest BCUT2D eigenvalue weighted by Gasteiger charge is -2.46. The van der Waals surface area contributed by atoms with Crippen LogP contribution in [0.3, 0.4) is 0 Å². The number of amides is 2. The lowest BCUT2D eigenvalue weighted by Crippen LogP contribution is -2.69. The minimum atomic E-state index is -5.08. The smallest absolute Gasteiger partial charge is 0.416 e. The van der Waals surface area contributed by atoms with Crippen molar-refractivity contribution in [2.45, 2.75) is 117 Å². The number of nitrogens with one attached hydrogen (secondary N) is 2. The Balaban J connectivity index is 1.81. The molecule has 0 unspecified atom stereocenters. The quantitative estimate of drug-likeness (QED) is 0.0661. The molecule has 0 saturated carbocycles. The van der Waals surface area contributed by atoms with Crippen molar-refractivity contribution in [2.24, 2.45) is 5.41 Å². The standard InChI is InChI=1S/C52H61F6N2O4PSi/c1-36(64-66(50(8,9)10,42-27-19-13-20-28-42)43-29-21-14-22-30-43)44(59-46(61)45(48(2,3)4)60-47(62)63-49(5,6)7)35-65(40-23-15-11-16-24-40,41-25-17-12-18-26-41)34-37-31-38(51(53,54)55)33-39(32-37)52(56,57)58/h11-33,36,44-45H,34-35H2,1-10H3,(H-,59,60,61,62)/p+1/t36-,44-,45-/m1/s1. The average Bonchev–Trinajstić information content (AvgIpc) is 3.23. The van der Waals surface area contributed by atoms with E-state index in [1.54, 1.807) is 77.9 Å². The van der Waals surface area contributed by atoms with Gasteiger partial charge in [0.05, 0.1) is 53.5 Å². The molecule has 66 heavy (non-hydrogen) atoms. The Bertz CT molecular complexity index is 2270. The van der Waals surface area contributed by atoms with Crippen LogP contribution in [0.5, 0.6) is 0 Å². The summed E-state index contributed by atoms with van der Waals surface area (Å²) in [4.78, 5) is 28.4. The van der Waals surface area contributed by atoms with Gasteiger partial charge < -0.3 is 19.8 Å². The van der Waals surface area contributed by atoms with E-state index in [1.165, 1.54) is 0 Å². The van der Waals surface area contributed by atoms with E-state index in [0.717, 1.165) is 22.5 Å². The van der Waals surface area contributed by atoms with Crippen LogP contribution < -0.4 is 31.6 Å². The van der Waals surface area contributed by atoms with Gasteiger partial charge in [0.2, 0.25) is 5.91 Å². The zero-order chi connectivity index (χ0) is 48.9. The largest absolute Gasteiger partial charge is 0.444 e. The summed E-state index contributed by atoms with van der Waals surface area (Å²) in [6.07, 6.45) is -12.0. The first-order chi connectivity index (χ1) is 30.6. The normalized spacial score (nSPS) is 14.5. The van der Waals surface area contributed by atoms with Crippen LogP contribution in [0.1, 0.15) is 85.9 Å². The molecular weight excluding hydrogens is 890 g/mol. The molecule has 0 saturated heterocycles. The van der Waals surface area contributed by atoms with Gasteiger partial charge in [0.15, 0.2) is 0 Å². The second-order valence-electron chi connectivity index (χ2n) is 19.9. The number of halogens is 6. The van der Waals surface area contributed by atoms with Crippen LogP contribution in [0.4, 0.5) is 31.1 Å². The van der Waals surface area contributed by atoms with E-state index in [4.69, 9.17) is 9.16 Å². The highest BCUT2D eigenvalue weighted by Crippen LogP contribution is 2.60. The highest BCUT2D eigenvalue weighted by atomic mass is 31.2. The van der Waals surface area contributed by atoms with Crippen molar-refractivity contribution in [1.29, 1.82) is 0 Å². The van der Waals surface area contributed by atoms with Crippen molar-refractivity contribution in [1.82, 2.24) is 10.6 Å². The van der Waals surface area contributed by atoms with Crippen molar-refractivity contribution in [2.75, 3.05) is 6.16 Å². The Kier molecular flexibility index (Phi) is 15.8. The van der Waals surface area contributed by atoms with Crippen molar-refractivity contribution < 1.29 is 45.1 Å². The molecule has 5 aromatic rings. The minimum absolute atomic E-state index is 0.0348. The summed E-state index contributed by atoms with van der Waals surface area (Å²) in [5, 5.41) is 8.82. The van der Waals surface area contributed by atoms with Gasteiger partial charge in [-0.25, -0.2) is 4.79 Å². The van der Waals surface area contributed by atoms with Crippen molar-refractivity contribution >= 4 is 48.6 Å². The number of rotatable bonds is 14. The fourth-order valence-electron chi connectivity index (χ4n) is 8.52. The van der Waals surface area contributed by atoms with Gasteiger partial charge >= 0.3 is 18.4 Å². The molecule has 0 aliphatic rings. The zero-order valence-electron chi connectivity index (χ0n) is 39.3. The molecular formula is C52H62F6N2O4PSi+. The highest BCUT2D eigenvalue weighted by Gasteiger charge is 2.54. The van der Waals surface area contributed by atoms with Crippen LogP contribution in [-0.2, 0) is 32.5 Å². The molecule has 0 aliphatic carbocycles. The molecule has 0 bridgehead atoms. The van der Waals surface area contributed by atoms with Gasteiger partial charge in [-0.15, -0.1) is 0 Å². The number of benzene rings is 5. The number of ether oxygens (including phenoxy) is 1. The number of alkyl carbamates (subject to hydrolysis) is 1. The maximum atomic E-state index is 15.1. The molecule has 0 aromatic heterocycles. The van der Waals surface area contributed by atoms with E-state index >= 15 is 4.79 Å². The summed E-state index contributed by atoms with van der Waals surface area (Å²) in [6, 6.07) is 37.5. The molecule has 2 N–H and O–H groups in total. The lowest BCUT2D eigenvalue weighted by atomic mass is 9.86. The summed E-state index contributed by atoms with van der Waals surface area (Å²) in [6.45, 7) is 18.7. The molecule has 0 spiro atoms. The van der Waals surface area contributed by atoms with Gasteiger partial charge in [-0.3, -0.25) is 4.79 Å². The van der Waals surface area contributed by atoms with Crippen LogP contribution in [0.25, 0.3) is 0 Å². The second-order valence-corrected chi connectivity index (χ2v) is 27.8. The summed E-state index contributed by atoms with van der Waals surface area (Å²) in [7, 11) is -6.62. The van der Waals surface area contributed by atoms with Gasteiger partial charge in [-0.1, -0.05) is 139 Å². The molecule has 354 valence electrons. The SMILES string of the molecule is C[C@@H](O[Si](c1ccccc1)(c1ccccc1)C(C)(C)C)[C@@H](C[P+](Cc1cc(C(F)(F)F)cc(C(F)(F)F)c1)(c1ccccc1)c1ccccc1)NC(=O)[C@@H](NC(=O)OC(C)(C)C)C(C)(C)C. The Labute approximate surface area is 387 Å². The van der Waals surface area contributed by atoms with E-state index in [1.807, 2.05) is 91.9 Å². The summed E-state index contributed by atoms with van der Waals surface area (Å²) >= 11 is 0. The first-order valence-corrected chi connectivity index (χ1v) is 26.0. The monoisotopic (exact) mass is 951 g/mol. The average molecular weight is 952 g/mol. The van der Waals surface area contributed by atoms with Crippen LogP contribution >= 0.6 is 7.26 Å². The molecule has 6 nitrogen and oxygen atoms in total. The lowest BCUT2D eigenvalue weighted by molar-refractivity contribution is -0.143. The van der Waals surface area contributed by atoms with Gasteiger partial charge in [-0.2, -0.15) is 26.3 Å². The van der Waals surface area contributed by atoms with E-state index in [-0.39, 0.29) is 24.0 Å². The third-order valence-corrected chi connectivity index (χ3v) is 21.2. The van der Waals surface area contributed by atoms with Crippen LogP contribution in [0.2, 0.25) is 5.04 Å². The third-order valence-electron chi connectivity index (χ3n) is 11.6. The molecule has 0 fully saturated rings. The van der Waals surface area contributed by atoms with Crippen molar-refractivity contribution in [3.63, 3.8) is 0 Å². The Morgan fingerprint density at radius 3 is 1.38 bits per heavy atom. The van der Waals surface area contributed by atoms with E-state index < -0.39 is 85.3 Å². The number of alkyl halides is 6. The molecule has 0 heterocycles. The molecule has 0 radical (unpaired) electrons. The second kappa shape index (κ2) is 20.1. The molecule has 3 atom stereocenters. The Morgan fingerprint density at radius 2 is 1.02 bits per heavy atom. The maximum Gasteiger partial charge on any atom is 0.416 e. The fraction of sp³-hybridized carbons (Fsp3) is 0.385. The Hall–Kier alpha value is -4.97. The number of carbonyl (C=O) groups excluding carboxylic acids is 2. The minimum Gasteiger partial charge on any atom is -0.444 e. The molecule has 5 aromatic carbocycles. The third kappa shape index (κ3) is 12.5. The molecule has 0 aliphatic heterocycles. The van der Waals surface area contributed by atoms with Crippen LogP contribution in [0, 0.1) is 5.41 Å². The number of hydrogen-bond acceptors (Lipinski definition) is 4. The van der Waals surface area contributed by atoms with E-state index in [0.29, 0.717) is 10.6 Å². The van der Waals surface area contributed by atoms with Crippen molar-refractivity contribution in [3.8, 4) is 0 Å². The molecule has 14 heteroatoms. The summed E-state index contributed by atoms with van der Waals surface area (Å²) in [5.41, 5.74) is -4.75. The fourth-order valence-corrected chi connectivity index (χ4v) is 17.8. The first-order valence-electron chi connectivity index (χ1n) is 21.9. The van der Waals surface area contributed by atoms with Gasteiger partial charge in [0, 0.05) is 0 Å². The Morgan fingerprint density at radius 1 is 0.606 bits per heavy atom. The molecule has 5 rings (SSSR count). The van der Waals surface area contributed by atoms with Crippen LogP contribution in [0.15, 0.2) is 140 Å².